The molecule has 3 aromatic rings. The highest BCUT2D eigenvalue weighted by atomic mass is 35.5. The molecule has 7 heteroatoms. The number of para-hydroxylation sites is 2. The summed E-state index contributed by atoms with van der Waals surface area (Å²) in [6.07, 6.45) is 5.49. The van der Waals surface area contributed by atoms with Crippen LogP contribution in [-0.4, -0.2) is 27.4 Å². The normalized spacial score (nSPS) is 19.3. The number of aromatic nitrogens is 2. The highest BCUT2D eigenvalue weighted by molar-refractivity contribution is 6.30. The number of anilines is 2. The lowest BCUT2D eigenvalue weighted by Crippen LogP contribution is -2.41. The minimum atomic E-state index is -0.582. The van der Waals surface area contributed by atoms with Crippen molar-refractivity contribution < 1.29 is 9.59 Å². The monoisotopic (exact) mass is 422 g/mol. The van der Waals surface area contributed by atoms with Crippen LogP contribution in [0, 0.1) is 0 Å². The number of imidazole rings is 1. The lowest BCUT2D eigenvalue weighted by Gasteiger charge is -2.30. The first-order chi connectivity index (χ1) is 14.6. The molecule has 30 heavy (non-hydrogen) atoms. The van der Waals surface area contributed by atoms with Crippen molar-refractivity contribution in [3.8, 4) is 0 Å². The maximum atomic E-state index is 13.5. The molecule has 1 aliphatic heterocycles. The molecule has 2 aliphatic rings. The first-order valence-electron chi connectivity index (χ1n) is 10.5. The van der Waals surface area contributed by atoms with Gasteiger partial charge in [0.1, 0.15) is 6.04 Å². The molecule has 0 saturated heterocycles. The Morgan fingerprint density at radius 1 is 1.07 bits per heavy atom. The van der Waals surface area contributed by atoms with Crippen LogP contribution in [0.2, 0.25) is 5.02 Å². The van der Waals surface area contributed by atoms with Gasteiger partial charge in [0.05, 0.1) is 17.5 Å². The predicted octanol–water partition coefficient (Wildman–Crippen LogP) is 4.94. The van der Waals surface area contributed by atoms with E-state index in [-0.39, 0.29) is 24.3 Å². The van der Waals surface area contributed by atoms with Crippen molar-refractivity contribution in [2.24, 2.45) is 0 Å². The second-order valence-corrected chi connectivity index (χ2v) is 8.48. The number of halogens is 1. The minimum absolute atomic E-state index is 0.0265. The van der Waals surface area contributed by atoms with E-state index in [9.17, 15) is 9.59 Å². The van der Waals surface area contributed by atoms with Crippen molar-refractivity contribution in [3.63, 3.8) is 0 Å². The Balaban J connectivity index is 1.46. The maximum absolute atomic E-state index is 13.5. The van der Waals surface area contributed by atoms with Gasteiger partial charge in [-0.25, -0.2) is 4.98 Å². The second kappa shape index (κ2) is 7.76. The van der Waals surface area contributed by atoms with Gasteiger partial charge in [0.2, 0.25) is 11.9 Å². The van der Waals surface area contributed by atoms with Gasteiger partial charge in [-0.2, -0.15) is 0 Å². The topological polar surface area (TPSA) is 67.2 Å². The minimum Gasteiger partial charge on any atom is -0.326 e. The van der Waals surface area contributed by atoms with Gasteiger partial charge in [-0.1, -0.05) is 43.0 Å². The zero-order chi connectivity index (χ0) is 20.7. The lowest BCUT2D eigenvalue weighted by molar-refractivity contribution is -0.125. The van der Waals surface area contributed by atoms with E-state index in [1.54, 1.807) is 24.3 Å². The summed E-state index contributed by atoms with van der Waals surface area (Å²) in [5.74, 6) is 0.448. The molecule has 5 rings (SSSR count). The fraction of sp³-hybridized carbons (Fsp3) is 0.348. The van der Waals surface area contributed by atoms with Crippen LogP contribution in [-0.2, 0) is 9.59 Å². The Kier molecular flexibility index (Phi) is 4.95. The largest absolute Gasteiger partial charge is 0.326 e. The standard InChI is InChI=1S/C23H23ClN4O2/c24-15-10-12-16(13-11-15)25-21(29)14-20-22(30)27(17-6-2-1-3-7-17)23-26-18-8-4-5-9-19(18)28(20)23/h4-5,8-13,17,20H,1-3,6-7,14H2,(H,25,29)/t20-/m0/s1. The molecule has 0 spiro atoms. The molecule has 1 aliphatic carbocycles. The van der Waals surface area contributed by atoms with Crippen molar-refractivity contribution >= 4 is 46.1 Å². The Morgan fingerprint density at radius 3 is 2.57 bits per heavy atom. The number of carbonyl (C=O) groups excluding carboxylic acids is 2. The summed E-state index contributed by atoms with van der Waals surface area (Å²) >= 11 is 5.92. The van der Waals surface area contributed by atoms with Crippen LogP contribution in [0.15, 0.2) is 48.5 Å². The molecule has 1 atom stereocenters. The third kappa shape index (κ3) is 3.35. The van der Waals surface area contributed by atoms with E-state index in [0.29, 0.717) is 16.7 Å². The summed E-state index contributed by atoms with van der Waals surface area (Å²) < 4.78 is 1.95. The van der Waals surface area contributed by atoms with E-state index in [0.717, 1.165) is 36.7 Å². The van der Waals surface area contributed by atoms with E-state index < -0.39 is 6.04 Å². The average Bonchev–Trinajstić information content (AvgIpc) is 3.25. The van der Waals surface area contributed by atoms with Crippen LogP contribution in [0.1, 0.15) is 44.6 Å². The zero-order valence-electron chi connectivity index (χ0n) is 16.6. The van der Waals surface area contributed by atoms with Crippen LogP contribution in [0.3, 0.4) is 0 Å². The highest BCUT2D eigenvalue weighted by Crippen LogP contribution is 2.40. The number of benzene rings is 2. The van der Waals surface area contributed by atoms with E-state index in [1.807, 2.05) is 33.7 Å². The predicted molar refractivity (Wildman–Crippen MR) is 118 cm³/mol. The van der Waals surface area contributed by atoms with Gasteiger partial charge in [0.25, 0.3) is 5.91 Å². The van der Waals surface area contributed by atoms with Crippen molar-refractivity contribution in [3.05, 3.63) is 53.6 Å². The molecule has 1 fully saturated rings. The average molecular weight is 423 g/mol. The summed E-state index contributed by atoms with van der Waals surface area (Å²) in [6.45, 7) is 0. The second-order valence-electron chi connectivity index (χ2n) is 8.05. The highest BCUT2D eigenvalue weighted by Gasteiger charge is 2.44. The van der Waals surface area contributed by atoms with Crippen LogP contribution in [0.25, 0.3) is 11.0 Å². The number of nitrogens with one attached hydrogen (secondary N) is 1. The zero-order valence-corrected chi connectivity index (χ0v) is 17.3. The van der Waals surface area contributed by atoms with Crippen molar-refractivity contribution in [1.29, 1.82) is 0 Å². The molecule has 154 valence electrons. The number of hydrogen-bond donors (Lipinski definition) is 1. The Bertz CT molecular complexity index is 1100. The van der Waals surface area contributed by atoms with Gasteiger partial charge in [0.15, 0.2) is 0 Å². The van der Waals surface area contributed by atoms with E-state index in [4.69, 9.17) is 16.6 Å². The molecule has 0 unspecified atom stereocenters. The third-order valence-electron chi connectivity index (χ3n) is 6.07. The van der Waals surface area contributed by atoms with E-state index in [1.165, 1.54) is 6.42 Å². The number of carbonyl (C=O) groups is 2. The van der Waals surface area contributed by atoms with Crippen molar-refractivity contribution in [1.82, 2.24) is 9.55 Å². The van der Waals surface area contributed by atoms with E-state index >= 15 is 0 Å². The SMILES string of the molecule is O=C(C[C@H]1C(=O)N(C2CCCCC2)c2nc3ccccc3n21)Nc1ccc(Cl)cc1. The molecule has 6 nitrogen and oxygen atoms in total. The number of amides is 2. The third-order valence-corrected chi connectivity index (χ3v) is 6.33. The van der Waals surface area contributed by atoms with Crippen molar-refractivity contribution in [2.45, 2.75) is 50.6 Å². The van der Waals surface area contributed by atoms with Gasteiger partial charge in [0, 0.05) is 16.8 Å². The summed E-state index contributed by atoms with van der Waals surface area (Å²) in [7, 11) is 0. The number of hydrogen-bond acceptors (Lipinski definition) is 3. The van der Waals surface area contributed by atoms with Crippen LogP contribution >= 0.6 is 11.6 Å². The number of fused-ring (bicyclic) bond motifs is 3. The quantitative estimate of drug-likeness (QED) is 0.647. The number of nitrogens with zero attached hydrogens (tertiary/aromatic N) is 3. The molecular weight excluding hydrogens is 400 g/mol. The van der Waals surface area contributed by atoms with Crippen LogP contribution < -0.4 is 10.2 Å². The van der Waals surface area contributed by atoms with Crippen LogP contribution in [0.5, 0.6) is 0 Å². The molecule has 2 heterocycles. The molecule has 1 N–H and O–H groups in total. The van der Waals surface area contributed by atoms with Gasteiger partial charge >= 0.3 is 0 Å². The maximum Gasteiger partial charge on any atom is 0.253 e. The Hall–Kier alpha value is -2.86. The first kappa shape index (κ1) is 19.1. The van der Waals surface area contributed by atoms with Gasteiger partial charge in [-0.3, -0.25) is 19.1 Å². The fourth-order valence-corrected chi connectivity index (χ4v) is 4.79. The summed E-state index contributed by atoms with van der Waals surface area (Å²) in [5, 5.41) is 3.49. The van der Waals surface area contributed by atoms with Crippen molar-refractivity contribution in [2.75, 3.05) is 10.2 Å². The molecule has 2 aromatic carbocycles. The Labute approximate surface area is 179 Å². The molecule has 1 saturated carbocycles. The molecule has 0 bridgehead atoms. The molecule has 0 radical (unpaired) electrons. The smallest absolute Gasteiger partial charge is 0.253 e. The van der Waals surface area contributed by atoms with Crippen LogP contribution in [0.4, 0.5) is 11.6 Å². The van der Waals surface area contributed by atoms with Gasteiger partial charge < -0.3 is 5.32 Å². The fourth-order valence-electron chi connectivity index (χ4n) is 4.66. The lowest BCUT2D eigenvalue weighted by atomic mass is 9.94. The first-order valence-corrected chi connectivity index (χ1v) is 10.8. The summed E-state index contributed by atoms with van der Waals surface area (Å²) in [6, 6.07) is 14.3. The number of rotatable bonds is 4. The molecule has 2 amide bonds. The Morgan fingerprint density at radius 2 is 1.80 bits per heavy atom. The molecular formula is C23H23ClN4O2. The van der Waals surface area contributed by atoms with Gasteiger partial charge in [-0.15, -0.1) is 0 Å². The van der Waals surface area contributed by atoms with Gasteiger partial charge in [-0.05, 0) is 49.2 Å². The summed E-state index contributed by atoms with van der Waals surface area (Å²) in [5.41, 5.74) is 2.40. The molecule has 1 aromatic heterocycles. The summed E-state index contributed by atoms with van der Waals surface area (Å²) in [4.78, 5) is 32.9. The van der Waals surface area contributed by atoms with E-state index in [2.05, 4.69) is 5.32 Å².